The molecule has 0 saturated carbocycles. The van der Waals surface area contributed by atoms with Gasteiger partial charge in [0.1, 0.15) is 0 Å². The van der Waals surface area contributed by atoms with Crippen molar-refractivity contribution in [2.24, 2.45) is 0 Å². The SMILES string of the molecule is CCS(=O)(=O)NC(=O)c1cc2ccccc2cc1N. The van der Waals surface area contributed by atoms with E-state index in [1.54, 1.807) is 12.1 Å². The van der Waals surface area contributed by atoms with Gasteiger partial charge >= 0.3 is 0 Å². The van der Waals surface area contributed by atoms with Crippen LogP contribution in [0.25, 0.3) is 10.8 Å². The second-order valence-corrected chi connectivity index (χ2v) is 6.13. The van der Waals surface area contributed by atoms with Crippen LogP contribution in [-0.4, -0.2) is 20.1 Å². The number of sulfonamides is 1. The molecule has 0 aliphatic rings. The second kappa shape index (κ2) is 4.89. The molecule has 2 rings (SSSR count). The molecule has 3 N–H and O–H groups in total. The summed E-state index contributed by atoms with van der Waals surface area (Å²) in [5.41, 5.74) is 6.21. The first-order valence-electron chi connectivity index (χ1n) is 5.76. The van der Waals surface area contributed by atoms with Crippen molar-refractivity contribution in [1.82, 2.24) is 4.72 Å². The van der Waals surface area contributed by atoms with E-state index in [0.717, 1.165) is 10.8 Å². The Hall–Kier alpha value is -2.08. The number of hydrogen-bond acceptors (Lipinski definition) is 4. The maximum absolute atomic E-state index is 11.9. The van der Waals surface area contributed by atoms with Crippen molar-refractivity contribution >= 4 is 32.4 Å². The maximum atomic E-state index is 11.9. The molecule has 0 aliphatic heterocycles. The number of carbonyl (C=O) groups is 1. The van der Waals surface area contributed by atoms with Crippen LogP contribution in [0.2, 0.25) is 0 Å². The van der Waals surface area contributed by atoms with Gasteiger partial charge in [0.15, 0.2) is 0 Å². The lowest BCUT2D eigenvalue weighted by Gasteiger charge is -2.08. The Morgan fingerprint density at radius 2 is 1.79 bits per heavy atom. The van der Waals surface area contributed by atoms with E-state index < -0.39 is 15.9 Å². The predicted octanol–water partition coefficient (Wildman–Crippen LogP) is 1.50. The number of amides is 1. The minimum absolute atomic E-state index is 0.160. The Morgan fingerprint density at radius 3 is 2.37 bits per heavy atom. The van der Waals surface area contributed by atoms with E-state index in [-0.39, 0.29) is 17.0 Å². The van der Waals surface area contributed by atoms with Gasteiger partial charge in [-0.2, -0.15) is 0 Å². The third-order valence-electron chi connectivity index (χ3n) is 2.79. The minimum Gasteiger partial charge on any atom is -0.398 e. The fourth-order valence-corrected chi connectivity index (χ4v) is 2.26. The van der Waals surface area contributed by atoms with Gasteiger partial charge in [-0.3, -0.25) is 4.79 Å². The van der Waals surface area contributed by atoms with Crippen LogP contribution in [0.4, 0.5) is 5.69 Å². The Balaban J connectivity index is 2.45. The van der Waals surface area contributed by atoms with Crippen molar-refractivity contribution in [3.63, 3.8) is 0 Å². The molecule has 0 radical (unpaired) electrons. The summed E-state index contributed by atoms with van der Waals surface area (Å²) in [5.74, 6) is -0.864. The quantitative estimate of drug-likeness (QED) is 0.833. The van der Waals surface area contributed by atoms with Gasteiger partial charge in [0, 0.05) is 5.69 Å². The molecule has 19 heavy (non-hydrogen) atoms. The minimum atomic E-state index is -3.59. The Bertz CT molecular complexity index is 739. The van der Waals surface area contributed by atoms with E-state index in [1.165, 1.54) is 6.92 Å². The lowest BCUT2D eigenvalue weighted by atomic mass is 10.0. The van der Waals surface area contributed by atoms with E-state index >= 15 is 0 Å². The zero-order valence-corrected chi connectivity index (χ0v) is 11.2. The van der Waals surface area contributed by atoms with Crippen LogP contribution in [0.15, 0.2) is 36.4 Å². The van der Waals surface area contributed by atoms with Gasteiger partial charge in [0.2, 0.25) is 10.0 Å². The lowest BCUT2D eigenvalue weighted by Crippen LogP contribution is -2.32. The largest absolute Gasteiger partial charge is 0.398 e. The topological polar surface area (TPSA) is 89.3 Å². The Labute approximate surface area is 111 Å². The Kier molecular flexibility index (Phi) is 3.44. The molecule has 0 unspecified atom stereocenters. The maximum Gasteiger partial charge on any atom is 0.266 e. The molecule has 100 valence electrons. The van der Waals surface area contributed by atoms with Crippen LogP contribution in [0, 0.1) is 0 Å². The molecular weight excluding hydrogens is 264 g/mol. The average molecular weight is 278 g/mol. The third kappa shape index (κ3) is 2.85. The van der Waals surface area contributed by atoms with E-state index in [9.17, 15) is 13.2 Å². The fraction of sp³-hybridized carbons (Fsp3) is 0.154. The molecule has 0 aromatic heterocycles. The van der Waals surface area contributed by atoms with Gasteiger partial charge in [-0.15, -0.1) is 0 Å². The molecule has 1 amide bonds. The monoisotopic (exact) mass is 278 g/mol. The van der Waals surface area contributed by atoms with E-state index in [2.05, 4.69) is 0 Å². The molecule has 0 spiro atoms. The van der Waals surface area contributed by atoms with Crippen molar-refractivity contribution < 1.29 is 13.2 Å². The summed E-state index contributed by atoms with van der Waals surface area (Å²) < 4.78 is 24.8. The number of rotatable bonds is 3. The molecular formula is C13H14N2O3S. The first-order chi connectivity index (χ1) is 8.93. The van der Waals surface area contributed by atoms with Crippen LogP contribution in [-0.2, 0) is 10.0 Å². The van der Waals surface area contributed by atoms with E-state index in [1.807, 2.05) is 29.0 Å². The molecule has 0 saturated heterocycles. The molecule has 2 aromatic rings. The number of carbonyl (C=O) groups excluding carboxylic acids is 1. The molecule has 0 atom stereocenters. The first-order valence-corrected chi connectivity index (χ1v) is 7.41. The highest BCUT2D eigenvalue weighted by Crippen LogP contribution is 2.21. The Morgan fingerprint density at radius 1 is 1.21 bits per heavy atom. The van der Waals surface area contributed by atoms with Gasteiger partial charge in [0.05, 0.1) is 11.3 Å². The number of hydrogen-bond donors (Lipinski definition) is 2. The number of nitrogens with two attached hydrogens (primary N) is 1. The smallest absolute Gasteiger partial charge is 0.266 e. The molecule has 0 heterocycles. The number of anilines is 1. The zero-order chi connectivity index (χ0) is 14.0. The molecule has 0 aliphatic carbocycles. The van der Waals surface area contributed by atoms with Crippen molar-refractivity contribution in [3.05, 3.63) is 42.0 Å². The average Bonchev–Trinajstić information content (AvgIpc) is 2.37. The summed E-state index contributed by atoms with van der Waals surface area (Å²) >= 11 is 0. The van der Waals surface area contributed by atoms with Crippen molar-refractivity contribution in [2.45, 2.75) is 6.92 Å². The highest BCUT2D eigenvalue weighted by Gasteiger charge is 2.16. The number of nitrogen functional groups attached to an aromatic ring is 1. The predicted molar refractivity (Wildman–Crippen MR) is 75.3 cm³/mol. The highest BCUT2D eigenvalue weighted by molar-refractivity contribution is 7.90. The van der Waals surface area contributed by atoms with Gasteiger partial charge < -0.3 is 5.73 Å². The van der Waals surface area contributed by atoms with Crippen LogP contribution in [0.5, 0.6) is 0 Å². The number of fused-ring (bicyclic) bond motifs is 1. The number of nitrogens with one attached hydrogen (secondary N) is 1. The van der Waals surface area contributed by atoms with Crippen molar-refractivity contribution in [2.75, 3.05) is 11.5 Å². The van der Waals surface area contributed by atoms with Gasteiger partial charge in [0.25, 0.3) is 5.91 Å². The van der Waals surface area contributed by atoms with Crippen LogP contribution < -0.4 is 10.5 Å². The second-order valence-electron chi connectivity index (χ2n) is 4.12. The molecule has 6 heteroatoms. The van der Waals surface area contributed by atoms with Crippen LogP contribution in [0.1, 0.15) is 17.3 Å². The van der Waals surface area contributed by atoms with Crippen LogP contribution in [0.3, 0.4) is 0 Å². The molecule has 0 fully saturated rings. The van der Waals surface area contributed by atoms with Crippen LogP contribution >= 0.6 is 0 Å². The molecule has 0 bridgehead atoms. The summed E-state index contributed by atoms with van der Waals surface area (Å²) in [7, 11) is -3.59. The summed E-state index contributed by atoms with van der Waals surface area (Å²) in [6.45, 7) is 1.46. The molecule has 5 nitrogen and oxygen atoms in total. The standard InChI is InChI=1S/C13H14N2O3S/c1-2-19(17,18)15-13(16)11-7-9-5-3-4-6-10(9)8-12(11)14/h3-8H,2,14H2,1H3,(H,15,16). The zero-order valence-electron chi connectivity index (χ0n) is 10.4. The third-order valence-corrected chi connectivity index (χ3v) is 4.05. The molecule has 2 aromatic carbocycles. The van der Waals surface area contributed by atoms with Crippen molar-refractivity contribution in [3.8, 4) is 0 Å². The van der Waals surface area contributed by atoms with Crippen molar-refractivity contribution in [1.29, 1.82) is 0 Å². The lowest BCUT2D eigenvalue weighted by molar-refractivity contribution is 0.0982. The summed E-state index contributed by atoms with van der Waals surface area (Å²) in [5, 5.41) is 1.73. The van der Waals surface area contributed by atoms with Gasteiger partial charge in [-0.25, -0.2) is 13.1 Å². The summed E-state index contributed by atoms with van der Waals surface area (Å²) in [6.07, 6.45) is 0. The van der Waals surface area contributed by atoms with E-state index in [4.69, 9.17) is 5.73 Å². The summed E-state index contributed by atoms with van der Waals surface area (Å²) in [6, 6.07) is 10.6. The summed E-state index contributed by atoms with van der Waals surface area (Å²) in [4.78, 5) is 11.9. The van der Waals surface area contributed by atoms with Gasteiger partial charge in [-0.05, 0) is 29.8 Å². The normalized spacial score (nSPS) is 11.4. The first kappa shape index (κ1) is 13.4. The van der Waals surface area contributed by atoms with E-state index in [0.29, 0.717) is 0 Å². The fourth-order valence-electron chi connectivity index (χ4n) is 1.72. The van der Waals surface area contributed by atoms with Gasteiger partial charge in [-0.1, -0.05) is 24.3 Å². The number of benzene rings is 2. The highest BCUT2D eigenvalue weighted by atomic mass is 32.2.